The number of halogens is 2. The second-order valence-corrected chi connectivity index (χ2v) is 6.14. The molecule has 2 aromatic carbocycles. The molecule has 0 amide bonds. The molecular weight excluding hydrogens is 309 g/mol. The summed E-state index contributed by atoms with van der Waals surface area (Å²) in [4.78, 5) is 1.24. The van der Waals surface area contributed by atoms with Crippen LogP contribution in [0.25, 0.3) is 0 Å². The van der Waals surface area contributed by atoms with Crippen molar-refractivity contribution in [2.45, 2.75) is 24.3 Å². The zero-order chi connectivity index (χ0) is 14.5. The van der Waals surface area contributed by atoms with Gasteiger partial charge in [-0.25, -0.2) is 0 Å². The van der Waals surface area contributed by atoms with E-state index in [9.17, 15) is 0 Å². The largest absolute Gasteiger partial charge is 0.377 e. The van der Waals surface area contributed by atoms with Crippen LogP contribution in [-0.4, -0.2) is 6.26 Å². The third-order valence-corrected chi connectivity index (χ3v) is 4.73. The van der Waals surface area contributed by atoms with E-state index in [4.69, 9.17) is 23.2 Å². The third-order valence-electron chi connectivity index (χ3n) is 3.19. The minimum atomic E-state index is 0.220. The molecule has 1 nitrogen and oxygen atoms in total. The standard InChI is InChI=1S/C16H17Cl2NS/c1-3-14(11-8-9-12(17)13(18)10-11)19-15-6-4-5-7-16(15)20-2/h4-10,14,19H,3H2,1-2H3. The van der Waals surface area contributed by atoms with E-state index in [0.29, 0.717) is 10.0 Å². The normalized spacial score (nSPS) is 12.2. The summed E-state index contributed by atoms with van der Waals surface area (Å²) >= 11 is 13.8. The van der Waals surface area contributed by atoms with Gasteiger partial charge in [0.1, 0.15) is 0 Å². The number of hydrogen-bond donors (Lipinski definition) is 1. The van der Waals surface area contributed by atoms with Crippen molar-refractivity contribution in [3.8, 4) is 0 Å². The monoisotopic (exact) mass is 325 g/mol. The molecule has 4 heteroatoms. The van der Waals surface area contributed by atoms with Gasteiger partial charge < -0.3 is 5.32 Å². The highest BCUT2D eigenvalue weighted by atomic mass is 35.5. The van der Waals surface area contributed by atoms with Crippen molar-refractivity contribution in [3.63, 3.8) is 0 Å². The van der Waals surface area contributed by atoms with E-state index in [-0.39, 0.29) is 6.04 Å². The van der Waals surface area contributed by atoms with Crippen molar-refractivity contribution in [3.05, 3.63) is 58.1 Å². The molecular formula is C16H17Cl2NS. The van der Waals surface area contributed by atoms with E-state index in [1.807, 2.05) is 24.3 Å². The van der Waals surface area contributed by atoms with Crippen LogP contribution < -0.4 is 5.32 Å². The topological polar surface area (TPSA) is 12.0 Å². The highest BCUT2D eigenvalue weighted by Gasteiger charge is 2.12. The summed E-state index contributed by atoms with van der Waals surface area (Å²) in [5, 5.41) is 4.78. The van der Waals surface area contributed by atoms with Crippen molar-refractivity contribution in [2.75, 3.05) is 11.6 Å². The van der Waals surface area contributed by atoms with Gasteiger partial charge in [-0.3, -0.25) is 0 Å². The Hall–Kier alpha value is -0.830. The van der Waals surface area contributed by atoms with Gasteiger partial charge in [-0.1, -0.05) is 48.3 Å². The number of hydrogen-bond acceptors (Lipinski definition) is 2. The summed E-state index contributed by atoms with van der Waals surface area (Å²) in [5.74, 6) is 0. The summed E-state index contributed by atoms with van der Waals surface area (Å²) in [6.07, 6.45) is 3.06. The Morgan fingerprint density at radius 3 is 2.50 bits per heavy atom. The van der Waals surface area contributed by atoms with Crippen molar-refractivity contribution < 1.29 is 0 Å². The quantitative estimate of drug-likeness (QED) is 0.649. The fraction of sp³-hybridized carbons (Fsp3) is 0.250. The minimum Gasteiger partial charge on any atom is -0.377 e. The fourth-order valence-corrected chi connectivity index (χ4v) is 2.97. The Kier molecular flexibility index (Phi) is 5.64. The average molecular weight is 326 g/mol. The van der Waals surface area contributed by atoms with Crippen LogP contribution >= 0.6 is 35.0 Å². The van der Waals surface area contributed by atoms with Crippen LogP contribution in [0.3, 0.4) is 0 Å². The van der Waals surface area contributed by atoms with Crippen molar-refractivity contribution in [1.82, 2.24) is 0 Å². The Labute approximate surface area is 134 Å². The van der Waals surface area contributed by atoms with Gasteiger partial charge in [0, 0.05) is 10.6 Å². The smallest absolute Gasteiger partial charge is 0.0595 e. The first-order valence-electron chi connectivity index (χ1n) is 6.50. The summed E-state index contributed by atoms with van der Waals surface area (Å²) in [7, 11) is 0. The maximum Gasteiger partial charge on any atom is 0.0595 e. The fourth-order valence-electron chi connectivity index (χ4n) is 2.10. The Morgan fingerprint density at radius 2 is 1.85 bits per heavy atom. The first-order valence-corrected chi connectivity index (χ1v) is 8.48. The van der Waals surface area contributed by atoms with E-state index in [1.54, 1.807) is 11.8 Å². The molecule has 0 bridgehead atoms. The summed E-state index contributed by atoms with van der Waals surface area (Å²) < 4.78 is 0. The lowest BCUT2D eigenvalue weighted by atomic mass is 10.0. The van der Waals surface area contributed by atoms with Gasteiger partial charge >= 0.3 is 0 Å². The zero-order valence-corrected chi connectivity index (χ0v) is 13.8. The third kappa shape index (κ3) is 3.63. The van der Waals surface area contributed by atoms with E-state index in [2.05, 4.69) is 36.7 Å². The second-order valence-electron chi connectivity index (χ2n) is 4.48. The minimum absolute atomic E-state index is 0.220. The van der Waals surface area contributed by atoms with E-state index in [1.165, 1.54) is 4.90 Å². The predicted molar refractivity (Wildman–Crippen MR) is 91.3 cm³/mol. The molecule has 0 aliphatic carbocycles. The maximum atomic E-state index is 6.11. The summed E-state index contributed by atoms with van der Waals surface area (Å²) in [6.45, 7) is 2.15. The van der Waals surface area contributed by atoms with E-state index >= 15 is 0 Å². The van der Waals surface area contributed by atoms with Gasteiger partial charge in [0.2, 0.25) is 0 Å². The molecule has 20 heavy (non-hydrogen) atoms. The first-order chi connectivity index (χ1) is 9.65. The van der Waals surface area contributed by atoms with Crippen LogP contribution in [0.1, 0.15) is 24.9 Å². The Bertz CT molecular complexity index is 586. The van der Waals surface area contributed by atoms with Gasteiger partial charge in [-0.05, 0) is 42.5 Å². The number of rotatable bonds is 5. The van der Waals surface area contributed by atoms with E-state index in [0.717, 1.165) is 17.7 Å². The van der Waals surface area contributed by atoms with Crippen LogP contribution in [0.15, 0.2) is 47.4 Å². The molecule has 2 aromatic rings. The number of benzene rings is 2. The van der Waals surface area contributed by atoms with Gasteiger partial charge in [0.15, 0.2) is 0 Å². The molecule has 0 radical (unpaired) electrons. The molecule has 1 unspecified atom stereocenters. The van der Waals surface area contributed by atoms with Crippen LogP contribution in [0.2, 0.25) is 10.0 Å². The van der Waals surface area contributed by atoms with Gasteiger partial charge in [0.05, 0.1) is 16.1 Å². The average Bonchev–Trinajstić information content (AvgIpc) is 2.48. The second kappa shape index (κ2) is 7.26. The lowest BCUT2D eigenvalue weighted by molar-refractivity contribution is 0.747. The molecule has 0 saturated heterocycles. The molecule has 1 N–H and O–H groups in total. The first kappa shape index (κ1) is 15.6. The summed E-state index contributed by atoms with van der Waals surface area (Å²) in [6, 6.07) is 14.4. The van der Waals surface area contributed by atoms with Crippen LogP contribution in [-0.2, 0) is 0 Å². The molecule has 2 rings (SSSR count). The van der Waals surface area contributed by atoms with Gasteiger partial charge in [-0.15, -0.1) is 11.8 Å². The summed E-state index contributed by atoms with van der Waals surface area (Å²) in [5.41, 5.74) is 2.30. The highest BCUT2D eigenvalue weighted by molar-refractivity contribution is 7.98. The SMILES string of the molecule is CCC(Nc1ccccc1SC)c1ccc(Cl)c(Cl)c1. The van der Waals surface area contributed by atoms with Crippen molar-refractivity contribution in [2.24, 2.45) is 0 Å². The van der Waals surface area contributed by atoms with Crippen LogP contribution in [0, 0.1) is 0 Å². The highest BCUT2D eigenvalue weighted by Crippen LogP contribution is 2.32. The van der Waals surface area contributed by atoms with Crippen molar-refractivity contribution >= 4 is 40.7 Å². The zero-order valence-electron chi connectivity index (χ0n) is 11.5. The number of anilines is 1. The van der Waals surface area contributed by atoms with Gasteiger partial charge in [-0.2, -0.15) is 0 Å². The number of para-hydroxylation sites is 1. The predicted octanol–water partition coefficient (Wildman–Crippen LogP) is 6.28. The van der Waals surface area contributed by atoms with Gasteiger partial charge in [0.25, 0.3) is 0 Å². The van der Waals surface area contributed by atoms with Crippen molar-refractivity contribution in [1.29, 1.82) is 0 Å². The molecule has 0 saturated carbocycles. The van der Waals surface area contributed by atoms with Crippen LogP contribution in [0.5, 0.6) is 0 Å². The lowest BCUT2D eigenvalue weighted by Crippen LogP contribution is -2.10. The molecule has 1 atom stereocenters. The molecule has 106 valence electrons. The molecule has 0 aliphatic heterocycles. The number of thioether (sulfide) groups is 1. The molecule has 0 heterocycles. The van der Waals surface area contributed by atoms with Crippen LogP contribution in [0.4, 0.5) is 5.69 Å². The molecule has 0 fully saturated rings. The lowest BCUT2D eigenvalue weighted by Gasteiger charge is -2.21. The maximum absolute atomic E-state index is 6.11. The molecule has 0 aromatic heterocycles. The Balaban J connectivity index is 2.26. The Morgan fingerprint density at radius 1 is 1.10 bits per heavy atom. The van der Waals surface area contributed by atoms with E-state index < -0.39 is 0 Å². The number of nitrogens with one attached hydrogen (secondary N) is 1. The molecule has 0 aliphatic rings. The molecule has 0 spiro atoms.